The monoisotopic (exact) mass is 982 g/mol. The first-order valence-corrected chi connectivity index (χ1v) is 26.8. The molecule has 0 unspecified atom stereocenters. The van der Waals surface area contributed by atoms with E-state index >= 15 is 0 Å². The van der Waals surface area contributed by atoms with E-state index in [-0.39, 0.29) is 16.2 Å². The fourth-order valence-corrected chi connectivity index (χ4v) is 12.2. The van der Waals surface area contributed by atoms with Crippen LogP contribution in [-0.2, 0) is 16.2 Å². The summed E-state index contributed by atoms with van der Waals surface area (Å²) < 4.78 is 2.53. The van der Waals surface area contributed by atoms with Crippen LogP contribution < -0.4 is 0 Å². The van der Waals surface area contributed by atoms with Crippen LogP contribution in [-0.4, -0.2) is 19.5 Å². The first-order chi connectivity index (χ1) is 36.5. The van der Waals surface area contributed by atoms with Crippen molar-refractivity contribution in [2.75, 3.05) is 0 Å². The molecule has 4 heteroatoms. The average Bonchev–Trinajstić information content (AvgIpc) is 3.94. The van der Waals surface area contributed by atoms with E-state index in [4.69, 9.17) is 15.0 Å². The van der Waals surface area contributed by atoms with Gasteiger partial charge in [0.2, 0.25) is 0 Å². The zero-order valence-electron chi connectivity index (χ0n) is 45.3. The first-order valence-electron chi connectivity index (χ1n) is 26.8. The highest BCUT2D eigenvalue weighted by Gasteiger charge is 2.31. The second-order valence-corrected chi connectivity index (χ2v) is 23.8. The summed E-state index contributed by atoms with van der Waals surface area (Å²) in [5, 5.41) is 7.49. The van der Waals surface area contributed by atoms with Gasteiger partial charge >= 0.3 is 0 Å². The molecule has 0 N–H and O–H groups in total. The van der Waals surface area contributed by atoms with E-state index in [2.05, 4.69) is 268 Å². The van der Waals surface area contributed by atoms with Gasteiger partial charge in [-0.15, -0.1) is 0 Å². The Hall–Kier alpha value is -8.47. The normalized spacial score (nSPS) is 13.2. The summed E-state index contributed by atoms with van der Waals surface area (Å²) >= 11 is 0. The smallest absolute Gasteiger partial charge is 0.164 e. The van der Waals surface area contributed by atoms with Crippen molar-refractivity contribution in [1.29, 1.82) is 0 Å². The van der Waals surface area contributed by atoms with Crippen LogP contribution in [0.25, 0.3) is 117 Å². The Labute approximate surface area is 446 Å². The zero-order chi connectivity index (χ0) is 52.4. The molecule has 0 atom stereocenters. The van der Waals surface area contributed by atoms with E-state index in [1.807, 2.05) is 0 Å². The van der Waals surface area contributed by atoms with E-state index in [1.54, 1.807) is 0 Å². The van der Waals surface area contributed by atoms with Crippen molar-refractivity contribution in [1.82, 2.24) is 19.5 Å². The van der Waals surface area contributed by atoms with Crippen LogP contribution >= 0.6 is 0 Å². The number of nitrogens with zero attached hydrogens (tertiary/aromatic N) is 4. The van der Waals surface area contributed by atoms with Gasteiger partial charge in [-0.05, 0) is 138 Å². The lowest BCUT2D eigenvalue weighted by Crippen LogP contribution is -2.20. The Morgan fingerprint density at radius 1 is 0.382 bits per heavy atom. The average molecular weight is 983 g/mol. The van der Waals surface area contributed by atoms with Gasteiger partial charge in [0.05, 0.1) is 16.7 Å². The molecule has 0 fully saturated rings. The number of hydrogen-bond acceptors (Lipinski definition) is 3. The maximum Gasteiger partial charge on any atom is 0.164 e. The maximum atomic E-state index is 5.18. The van der Waals surface area contributed by atoms with Gasteiger partial charge < -0.3 is 4.57 Å². The Morgan fingerprint density at radius 2 is 0.855 bits per heavy atom. The molecule has 4 heterocycles. The van der Waals surface area contributed by atoms with Crippen LogP contribution in [0, 0.1) is 13.8 Å². The molecule has 0 aliphatic carbocycles. The number of fused-ring (bicyclic) bond motifs is 4. The van der Waals surface area contributed by atoms with Crippen LogP contribution in [0.4, 0.5) is 0 Å². The minimum absolute atomic E-state index is 0.0311. The highest BCUT2D eigenvalue weighted by Crippen LogP contribution is 2.51. The van der Waals surface area contributed by atoms with Gasteiger partial charge in [0.25, 0.3) is 0 Å². The second-order valence-electron chi connectivity index (χ2n) is 23.8. The predicted octanol–water partition coefficient (Wildman–Crippen LogP) is 19.1. The number of hydrogen-bond donors (Lipinski definition) is 0. The third kappa shape index (κ3) is 7.68. The fraction of sp³-hybridized carbons (Fsp3) is 0.181. The molecule has 2 aliphatic rings. The summed E-state index contributed by atoms with van der Waals surface area (Å²) in [7, 11) is 0. The molecule has 2 aromatic heterocycles. The van der Waals surface area contributed by atoms with Gasteiger partial charge in [-0.3, -0.25) is 0 Å². The second kappa shape index (κ2) is 17.3. The van der Waals surface area contributed by atoms with Gasteiger partial charge in [0.15, 0.2) is 17.5 Å². The minimum atomic E-state index is -0.318. The summed E-state index contributed by atoms with van der Waals surface area (Å²) in [6, 6.07) is 72.4. The molecule has 0 radical (unpaired) electrons. The van der Waals surface area contributed by atoms with Crippen molar-refractivity contribution in [3.05, 3.63) is 228 Å². The lowest BCUT2D eigenvalue weighted by Gasteiger charge is -2.30. The summed E-state index contributed by atoms with van der Waals surface area (Å²) in [6.45, 7) is 22.7. The van der Waals surface area contributed by atoms with Gasteiger partial charge in [0, 0.05) is 38.4 Å². The summed E-state index contributed by atoms with van der Waals surface area (Å²) in [4.78, 5) is 15.5. The van der Waals surface area contributed by atoms with E-state index in [9.17, 15) is 0 Å². The molecule has 0 saturated carbocycles. The van der Waals surface area contributed by atoms with Crippen molar-refractivity contribution < 1.29 is 0 Å². The number of aromatic nitrogens is 4. The maximum absolute atomic E-state index is 5.18. The van der Waals surface area contributed by atoms with Crippen molar-refractivity contribution in [2.45, 2.75) is 85.5 Å². The first kappa shape index (κ1) is 47.3. The number of aryl methyl sites for hydroxylation is 2. The van der Waals surface area contributed by atoms with Crippen LogP contribution in [0.3, 0.4) is 0 Å². The largest absolute Gasteiger partial charge is 0.309 e. The summed E-state index contributed by atoms with van der Waals surface area (Å²) in [5.74, 6) is 1.95. The molecular weight excluding hydrogens is 921 g/mol. The van der Waals surface area contributed by atoms with E-state index < -0.39 is 0 Å². The third-order valence-corrected chi connectivity index (χ3v) is 16.4. The molecule has 2 aliphatic heterocycles. The fourth-order valence-electron chi connectivity index (χ4n) is 12.2. The van der Waals surface area contributed by atoms with Gasteiger partial charge in [-0.2, -0.15) is 0 Å². The van der Waals surface area contributed by atoms with Gasteiger partial charge in [-0.25, -0.2) is 15.0 Å². The molecule has 14 rings (SSSR count). The molecule has 0 saturated heterocycles. The molecule has 12 aromatic rings. The molecule has 370 valence electrons. The van der Waals surface area contributed by atoms with Crippen molar-refractivity contribution in [3.63, 3.8) is 0 Å². The number of benzene rings is 10. The molecule has 6 bridgehead atoms. The van der Waals surface area contributed by atoms with Crippen molar-refractivity contribution in [3.8, 4) is 73.2 Å². The molecule has 0 spiro atoms. The Balaban J connectivity index is 0.998. The van der Waals surface area contributed by atoms with Crippen LogP contribution in [0.2, 0.25) is 0 Å². The third-order valence-electron chi connectivity index (χ3n) is 16.4. The van der Waals surface area contributed by atoms with E-state index in [1.165, 1.54) is 105 Å². The van der Waals surface area contributed by atoms with Crippen molar-refractivity contribution in [2.24, 2.45) is 0 Å². The van der Waals surface area contributed by atoms with Crippen LogP contribution in [0.15, 0.2) is 194 Å². The zero-order valence-corrected chi connectivity index (χ0v) is 45.3. The lowest BCUT2D eigenvalue weighted by molar-refractivity contribution is 0.590. The number of para-hydroxylation sites is 1. The van der Waals surface area contributed by atoms with Gasteiger partial charge in [-0.1, -0.05) is 219 Å². The molecule has 0 amide bonds. The highest BCUT2D eigenvalue weighted by atomic mass is 15.0. The Morgan fingerprint density at radius 3 is 1.43 bits per heavy atom. The molecular formula is C72H62N4. The molecule has 76 heavy (non-hydrogen) atoms. The SMILES string of the molecule is Cc1ccc2c(c1)c1cc(C)c3cc1n2-c1ccccc1-c1c2ccccc2c(-c2ccccc2-c2ccc(-c4nc(-c5ccc(C(C)(C)C)cc5)nc(-c5ccc(C(C)(C)C)cc5)n4)cc2)c2cc(ccc12)C3(C)C. The highest BCUT2D eigenvalue weighted by molar-refractivity contribution is 6.23. The number of rotatable bonds is 5. The summed E-state index contributed by atoms with van der Waals surface area (Å²) in [6.07, 6.45) is 0. The Kier molecular flexibility index (Phi) is 10.8. The van der Waals surface area contributed by atoms with Crippen molar-refractivity contribution >= 4 is 43.4 Å². The van der Waals surface area contributed by atoms with Crippen LogP contribution in [0.1, 0.15) is 88.8 Å². The van der Waals surface area contributed by atoms with E-state index in [0.717, 1.165) is 27.8 Å². The Bertz CT molecular complexity index is 4230. The van der Waals surface area contributed by atoms with Crippen LogP contribution in [0.5, 0.6) is 0 Å². The summed E-state index contributed by atoms with van der Waals surface area (Å²) in [5.41, 5.74) is 21.1. The standard InChI is InChI=1S/C72H62N4/c1-43-23-38-63-58(39-43)59-40-44(2)61-42-64(59)76(63)62-22-16-15-21-57(62)65-54-19-13-14-20-55(54)66(60-41-51(72(61,9)10)36-37-56(60)65)53-18-12-11-17-52(53)45-24-26-46(27-25-45)67-73-68(47-28-32-49(33-29-47)70(3,4)5)75-69(74-67)48-30-34-50(35-31-48)71(6,7)8/h11-42H,1-10H3. The minimum Gasteiger partial charge on any atom is -0.309 e. The quantitative estimate of drug-likeness (QED) is 0.161. The predicted molar refractivity (Wildman–Crippen MR) is 321 cm³/mol. The van der Waals surface area contributed by atoms with E-state index in [0.29, 0.717) is 17.5 Å². The lowest BCUT2D eigenvalue weighted by atomic mass is 9.74. The molecule has 4 nitrogen and oxygen atoms in total. The topological polar surface area (TPSA) is 43.6 Å². The van der Waals surface area contributed by atoms with Gasteiger partial charge in [0.1, 0.15) is 0 Å². The molecule has 10 aromatic carbocycles.